The van der Waals surface area contributed by atoms with Crippen LogP contribution in [-0.4, -0.2) is 23.7 Å². The molecule has 0 aliphatic rings. The van der Waals surface area contributed by atoms with Gasteiger partial charge in [0, 0.05) is 4.90 Å². The lowest BCUT2D eigenvalue weighted by Crippen LogP contribution is -2.46. The molecule has 26 heavy (non-hydrogen) atoms. The summed E-state index contributed by atoms with van der Waals surface area (Å²) in [5.74, 6) is -0.0485. The number of thioether (sulfide) groups is 1. The molecule has 2 amide bonds. The molecule has 2 rings (SSSR count). The van der Waals surface area contributed by atoms with E-state index in [0.29, 0.717) is 5.75 Å². The van der Waals surface area contributed by atoms with Crippen LogP contribution in [0.25, 0.3) is 0 Å². The second-order valence-electron chi connectivity index (χ2n) is 6.22. The molecule has 0 spiro atoms. The van der Waals surface area contributed by atoms with Crippen molar-refractivity contribution in [2.24, 2.45) is 0 Å². The van der Waals surface area contributed by atoms with E-state index in [-0.39, 0.29) is 17.8 Å². The molecule has 1 atom stereocenters. The molecule has 2 aromatic rings. The molecular weight excluding hydrogens is 348 g/mol. The van der Waals surface area contributed by atoms with Gasteiger partial charge in [0.2, 0.25) is 0 Å². The van der Waals surface area contributed by atoms with E-state index < -0.39 is 5.91 Å². The number of hydrogen-bond donors (Lipinski definition) is 2. The number of nitrogens with one attached hydrogen (secondary N) is 2. The van der Waals surface area contributed by atoms with Crippen LogP contribution in [0.5, 0.6) is 5.75 Å². The number of benzene rings is 2. The second kappa shape index (κ2) is 9.29. The molecular formula is C20H24N2O3S. The normalized spacial score (nSPS) is 11.5. The van der Waals surface area contributed by atoms with Gasteiger partial charge in [0.1, 0.15) is 5.75 Å². The average Bonchev–Trinajstić information content (AvgIpc) is 2.59. The number of carbonyl (C=O) groups is 2. The Bertz CT molecular complexity index is 755. The minimum Gasteiger partial charge on any atom is -0.484 e. The average molecular weight is 372 g/mol. The minimum absolute atomic E-state index is 0.164. The Morgan fingerprint density at radius 1 is 0.962 bits per heavy atom. The van der Waals surface area contributed by atoms with Gasteiger partial charge in [-0.25, -0.2) is 0 Å². The van der Waals surface area contributed by atoms with Crippen LogP contribution in [0.1, 0.15) is 23.6 Å². The smallest absolute Gasteiger partial charge is 0.276 e. The van der Waals surface area contributed by atoms with E-state index in [9.17, 15) is 9.59 Å². The van der Waals surface area contributed by atoms with Gasteiger partial charge in [0.25, 0.3) is 11.8 Å². The van der Waals surface area contributed by atoms with Gasteiger partial charge in [-0.05, 0) is 63.1 Å². The van der Waals surface area contributed by atoms with Gasteiger partial charge in [0.05, 0.1) is 5.25 Å². The lowest BCUT2D eigenvalue weighted by atomic mass is 10.1. The monoisotopic (exact) mass is 372 g/mol. The number of rotatable bonds is 6. The maximum atomic E-state index is 12.1. The third-order valence-corrected chi connectivity index (χ3v) is 4.71. The van der Waals surface area contributed by atoms with Crippen molar-refractivity contribution in [3.05, 3.63) is 59.2 Å². The first-order valence-corrected chi connectivity index (χ1v) is 9.24. The number of carbonyl (C=O) groups excluding carboxylic acids is 2. The van der Waals surface area contributed by atoms with E-state index in [2.05, 4.69) is 10.9 Å². The number of ether oxygens (including phenoxy) is 1. The van der Waals surface area contributed by atoms with Crippen molar-refractivity contribution in [2.45, 2.75) is 37.8 Å². The zero-order valence-electron chi connectivity index (χ0n) is 15.5. The number of aryl methyl sites for hydroxylation is 3. The molecule has 0 radical (unpaired) electrons. The number of amides is 2. The summed E-state index contributed by atoms with van der Waals surface area (Å²) in [6, 6.07) is 13.7. The summed E-state index contributed by atoms with van der Waals surface area (Å²) in [5, 5.41) is -0.335. The van der Waals surface area contributed by atoms with Crippen LogP contribution in [0.2, 0.25) is 0 Å². The van der Waals surface area contributed by atoms with Gasteiger partial charge in [-0.2, -0.15) is 0 Å². The predicted molar refractivity (Wildman–Crippen MR) is 104 cm³/mol. The Kier molecular flexibility index (Phi) is 7.09. The molecule has 0 aromatic heterocycles. The zero-order valence-corrected chi connectivity index (χ0v) is 16.3. The van der Waals surface area contributed by atoms with E-state index >= 15 is 0 Å². The summed E-state index contributed by atoms with van der Waals surface area (Å²) < 4.78 is 5.46. The molecule has 5 nitrogen and oxygen atoms in total. The summed E-state index contributed by atoms with van der Waals surface area (Å²) >= 11 is 1.43. The third kappa shape index (κ3) is 6.44. The van der Waals surface area contributed by atoms with Crippen molar-refractivity contribution in [3.8, 4) is 5.75 Å². The Morgan fingerprint density at radius 2 is 1.58 bits per heavy atom. The lowest BCUT2D eigenvalue weighted by Gasteiger charge is -2.13. The fourth-order valence-electron chi connectivity index (χ4n) is 2.31. The fourth-order valence-corrected chi connectivity index (χ4v) is 3.18. The van der Waals surface area contributed by atoms with Crippen LogP contribution in [0, 0.1) is 20.8 Å². The van der Waals surface area contributed by atoms with Crippen LogP contribution in [-0.2, 0) is 9.59 Å². The van der Waals surface area contributed by atoms with Crippen molar-refractivity contribution in [1.29, 1.82) is 0 Å². The van der Waals surface area contributed by atoms with Crippen molar-refractivity contribution in [1.82, 2.24) is 10.9 Å². The summed E-state index contributed by atoms with van der Waals surface area (Å²) in [6.45, 7) is 7.57. The van der Waals surface area contributed by atoms with E-state index in [1.165, 1.54) is 17.3 Å². The highest BCUT2D eigenvalue weighted by Crippen LogP contribution is 2.23. The topological polar surface area (TPSA) is 67.4 Å². The Balaban J connectivity index is 1.75. The molecule has 0 aliphatic carbocycles. The standard InChI is InChI=1S/C20H24N2O3S/c1-13-5-7-18(8-6-13)26-16(4)20(24)22-21-19(23)12-25-17-10-14(2)9-15(3)11-17/h5-11,16H,12H2,1-4H3,(H,21,23)(H,22,24)/t16-/m1/s1. The maximum Gasteiger partial charge on any atom is 0.276 e. The van der Waals surface area contributed by atoms with Gasteiger partial charge in [-0.3, -0.25) is 20.4 Å². The van der Waals surface area contributed by atoms with Crippen molar-refractivity contribution in [2.75, 3.05) is 6.61 Å². The van der Waals surface area contributed by atoms with Gasteiger partial charge < -0.3 is 4.74 Å². The molecule has 0 unspecified atom stereocenters. The number of hydrogen-bond acceptors (Lipinski definition) is 4. The molecule has 6 heteroatoms. The SMILES string of the molecule is Cc1ccc(S[C@H](C)C(=O)NNC(=O)COc2cc(C)cc(C)c2)cc1. The molecule has 0 heterocycles. The van der Waals surface area contributed by atoms with Gasteiger partial charge in [0.15, 0.2) is 6.61 Å². The number of hydrazine groups is 1. The molecule has 0 aliphatic heterocycles. The van der Waals surface area contributed by atoms with Crippen LogP contribution in [0.4, 0.5) is 0 Å². The second-order valence-corrected chi connectivity index (χ2v) is 7.64. The highest BCUT2D eigenvalue weighted by molar-refractivity contribution is 8.00. The summed E-state index contributed by atoms with van der Waals surface area (Å²) in [7, 11) is 0. The molecule has 138 valence electrons. The largest absolute Gasteiger partial charge is 0.484 e. The molecule has 0 bridgehead atoms. The Labute approximate surface area is 158 Å². The summed E-state index contributed by atoms with van der Waals surface area (Å²) in [4.78, 5) is 24.9. The summed E-state index contributed by atoms with van der Waals surface area (Å²) in [6.07, 6.45) is 0. The van der Waals surface area contributed by atoms with Crippen LogP contribution in [0.15, 0.2) is 47.4 Å². The zero-order chi connectivity index (χ0) is 19.1. The molecule has 2 aromatic carbocycles. The fraction of sp³-hybridized carbons (Fsp3) is 0.300. The van der Waals surface area contributed by atoms with E-state index in [1.54, 1.807) is 6.92 Å². The van der Waals surface area contributed by atoms with Gasteiger partial charge >= 0.3 is 0 Å². The first-order valence-electron chi connectivity index (χ1n) is 8.36. The van der Waals surface area contributed by atoms with Gasteiger partial charge in [-0.1, -0.05) is 23.8 Å². The van der Waals surface area contributed by atoms with E-state index in [1.807, 2.05) is 63.2 Å². The van der Waals surface area contributed by atoms with Crippen LogP contribution < -0.4 is 15.6 Å². The van der Waals surface area contributed by atoms with Crippen molar-refractivity contribution >= 4 is 23.6 Å². The highest BCUT2D eigenvalue weighted by Gasteiger charge is 2.15. The first kappa shape index (κ1) is 19.8. The van der Waals surface area contributed by atoms with E-state index in [0.717, 1.165) is 16.0 Å². The van der Waals surface area contributed by atoms with Crippen molar-refractivity contribution in [3.63, 3.8) is 0 Å². The quantitative estimate of drug-likeness (QED) is 0.603. The van der Waals surface area contributed by atoms with Crippen LogP contribution in [0.3, 0.4) is 0 Å². The third-order valence-electron chi connectivity index (χ3n) is 3.59. The Morgan fingerprint density at radius 3 is 2.19 bits per heavy atom. The van der Waals surface area contributed by atoms with Crippen molar-refractivity contribution < 1.29 is 14.3 Å². The van der Waals surface area contributed by atoms with Gasteiger partial charge in [-0.15, -0.1) is 11.8 Å². The molecule has 2 N–H and O–H groups in total. The predicted octanol–water partition coefficient (Wildman–Crippen LogP) is 3.32. The lowest BCUT2D eigenvalue weighted by molar-refractivity contribution is -0.129. The minimum atomic E-state index is -0.412. The Hall–Kier alpha value is -2.47. The molecule has 0 fully saturated rings. The first-order chi connectivity index (χ1) is 12.3. The maximum absolute atomic E-state index is 12.1. The molecule has 0 saturated carbocycles. The van der Waals surface area contributed by atoms with Crippen LogP contribution >= 0.6 is 11.8 Å². The van der Waals surface area contributed by atoms with E-state index in [4.69, 9.17) is 4.74 Å². The molecule has 0 saturated heterocycles. The highest BCUT2D eigenvalue weighted by atomic mass is 32.2. The summed E-state index contributed by atoms with van der Waals surface area (Å²) in [5.41, 5.74) is 8.11.